The Morgan fingerprint density at radius 1 is 1.36 bits per heavy atom. The Morgan fingerprint density at radius 3 is 2.86 bits per heavy atom. The fourth-order valence-corrected chi connectivity index (χ4v) is 2.95. The van der Waals surface area contributed by atoms with Crippen molar-refractivity contribution in [3.05, 3.63) is 35.9 Å². The smallest absolute Gasteiger partial charge is 0.409 e. The molecular formula is C17H27N3O2. The molecule has 0 aliphatic carbocycles. The van der Waals surface area contributed by atoms with Gasteiger partial charge in [0.1, 0.15) is 6.61 Å². The number of nitrogens with two attached hydrogens (primary N) is 1. The number of piperidine rings is 1. The molecule has 1 fully saturated rings. The van der Waals surface area contributed by atoms with Crippen molar-refractivity contribution in [3.8, 4) is 0 Å². The largest absolute Gasteiger partial charge is 0.445 e. The molecule has 0 unspecified atom stereocenters. The molecule has 1 aromatic carbocycles. The van der Waals surface area contributed by atoms with E-state index in [-0.39, 0.29) is 6.09 Å². The molecule has 0 spiro atoms. The van der Waals surface area contributed by atoms with E-state index in [1.807, 2.05) is 37.4 Å². The zero-order chi connectivity index (χ0) is 15.8. The fourth-order valence-electron chi connectivity index (χ4n) is 2.95. The van der Waals surface area contributed by atoms with Gasteiger partial charge in [0.15, 0.2) is 0 Å². The van der Waals surface area contributed by atoms with Crippen molar-refractivity contribution < 1.29 is 9.53 Å². The van der Waals surface area contributed by atoms with E-state index in [0.29, 0.717) is 25.7 Å². The standard InChI is InChI=1S/C17H27N3O2/c1-19(13-16-9-5-6-11-20(16)12-10-18)17(21)22-14-15-7-3-2-4-8-15/h2-4,7-8,16H,5-6,9-14,18H2,1H3/t16-/m1/s1. The Labute approximate surface area is 133 Å². The minimum atomic E-state index is -0.262. The van der Waals surface area contributed by atoms with E-state index in [1.165, 1.54) is 12.8 Å². The summed E-state index contributed by atoms with van der Waals surface area (Å²) in [6, 6.07) is 10.1. The minimum Gasteiger partial charge on any atom is -0.445 e. The summed E-state index contributed by atoms with van der Waals surface area (Å²) in [6.45, 7) is 3.67. The fraction of sp³-hybridized carbons (Fsp3) is 0.588. The lowest BCUT2D eigenvalue weighted by atomic mass is 10.0. The van der Waals surface area contributed by atoms with Gasteiger partial charge < -0.3 is 15.4 Å². The lowest BCUT2D eigenvalue weighted by Gasteiger charge is -2.37. The van der Waals surface area contributed by atoms with E-state index in [4.69, 9.17) is 10.5 Å². The highest BCUT2D eigenvalue weighted by atomic mass is 16.6. The molecule has 1 heterocycles. The predicted molar refractivity (Wildman–Crippen MR) is 87.5 cm³/mol. The number of benzene rings is 1. The summed E-state index contributed by atoms with van der Waals surface area (Å²) in [4.78, 5) is 16.2. The molecule has 1 aliphatic rings. The van der Waals surface area contributed by atoms with Crippen LogP contribution >= 0.6 is 0 Å². The molecule has 122 valence electrons. The van der Waals surface area contributed by atoms with Gasteiger partial charge >= 0.3 is 6.09 Å². The van der Waals surface area contributed by atoms with Gasteiger partial charge in [-0.25, -0.2) is 4.79 Å². The van der Waals surface area contributed by atoms with Gasteiger partial charge in [-0.2, -0.15) is 0 Å². The van der Waals surface area contributed by atoms with Crippen LogP contribution in [0.25, 0.3) is 0 Å². The first-order valence-corrected chi connectivity index (χ1v) is 8.06. The third-order valence-corrected chi connectivity index (χ3v) is 4.17. The summed E-state index contributed by atoms with van der Waals surface area (Å²) in [6.07, 6.45) is 3.30. The molecule has 22 heavy (non-hydrogen) atoms. The highest BCUT2D eigenvalue weighted by Crippen LogP contribution is 2.17. The quantitative estimate of drug-likeness (QED) is 0.874. The van der Waals surface area contributed by atoms with Crippen molar-refractivity contribution in [1.29, 1.82) is 0 Å². The number of likely N-dealkylation sites (tertiary alicyclic amines) is 1. The predicted octanol–water partition coefficient (Wildman–Crippen LogP) is 2.07. The average molecular weight is 305 g/mol. The zero-order valence-electron chi connectivity index (χ0n) is 13.4. The van der Waals surface area contributed by atoms with E-state index in [9.17, 15) is 4.79 Å². The topological polar surface area (TPSA) is 58.8 Å². The molecule has 0 bridgehead atoms. The first-order valence-electron chi connectivity index (χ1n) is 8.06. The van der Waals surface area contributed by atoms with Gasteiger partial charge in [-0.3, -0.25) is 4.90 Å². The summed E-state index contributed by atoms with van der Waals surface area (Å²) < 4.78 is 5.37. The molecule has 1 amide bonds. The lowest BCUT2D eigenvalue weighted by molar-refractivity contribution is 0.0792. The third-order valence-electron chi connectivity index (χ3n) is 4.17. The van der Waals surface area contributed by atoms with Crippen molar-refractivity contribution in [2.45, 2.75) is 31.9 Å². The molecule has 1 atom stereocenters. The second kappa shape index (κ2) is 8.76. The molecular weight excluding hydrogens is 278 g/mol. The Morgan fingerprint density at radius 2 is 2.14 bits per heavy atom. The number of carbonyl (C=O) groups is 1. The first-order chi connectivity index (χ1) is 10.7. The Hall–Kier alpha value is -1.59. The van der Waals surface area contributed by atoms with Crippen LogP contribution in [0, 0.1) is 0 Å². The van der Waals surface area contributed by atoms with E-state index >= 15 is 0 Å². The summed E-state index contributed by atoms with van der Waals surface area (Å²) >= 11 is 0. The Bertz CT molecular complexity index is 450. The monoisotopic (exact) mass is 305 g/mol. The van der Waals surface area contributed by atoms with Crippen LogP contribution in [0.15, 0.2) is 30.3 Å². The maximum absolute atomic E-state index is 12.1. The van der Waals surface area contributed by atoms with E-state index in [0.717, 1.165) is 25.1 Å². The second-order valence-corrected chi connectivity index (χ2v) is 5.89. The summed E-state index contributed by atoms with van der Waals surface area (Å²) in [5.41, 5.74) is 6.68. The van der Waals surface area contributed by atoms with E-state index < -0.39 is 0 Å². The highest BCUT2D eigenvalue weighted by Gasteiger charge is 2.24. The summed E-state index contributed by atoms with van der Waals surface area (Å²) in [5, 5.41) is 0. The van der Waals surface area contributed by atoms with Crippen LogP contribution in [0.5, 0.6) is 0 Å². The molecule has 1 saturated heterocycles. The number of amides is 1. The second-order valence-electron chi connectivity index (χ2n) is 5.89. The molecule has 5 nitrogen and oxygen atoms in total. The molecule has 1 aromatic rings. The van der Waals surface area contributed by atoms with Gasteiger partial charge in [0.05, 0.1) is 0 Å². The Kier molecular flexibility index (Phi) is 6.68. The molecule has 2 rings (SSSR count). The van der Waals surface area contributed by atoms with Gasteiger partial charge in [0.25, 0.3) is 0 Å². The summed E-state index contributed by atoms with van der Waals surface area (Å²) in [7, 11) is 1.81. The maximum Gasteiger partial charge on any atom is 0.409 e. The van der Waals surface area contributed by atoms with E-state index in [2.05, 4.69) is 4.90 Å². The van der Waals surface area contributed by atoms with Crippen LogP contribution in [-0.4, -0.2) is 55.2 Å². The van der Waals surface area contributed by atoms with Crippen molar-refractivity contribution in [1.82, 2.24) is 9.80 Å². The third kappa shape index (κ3) is 5.00. The number of nitrogens with zero attached hydrogens (tertiary/aromatic N) is 2. The van der Waals surface area contributed by atoms with Gasteiger partial charge in [-0.15, -0.1) is 0 Å². The Balaban J connectivity index is 1.79. The molecule has 0 radical (unpaired) electrons. The summed E-state index contributed by atoms with van der Waals surface area (Å²) in [5.74, 6) is 0. The number of ether oxygens (including phenoxy) is 1. The molecule has 1 aliphatic heterocycles. The molecule has 0 saturated carbocycles. The van der Waals surface area contributed by atoms with Crippen LogP contribution < -0.4 is 5.73 Å². The van der Waals surface area contributed by atoms with Gasteiger partial charge in [0.2, 0.25) is 0 Å². The number of rotatable bonds is 6. The van der Waals surface area contributed by atoms with Crippen LogP contribution in [-0.2, 0) is 11.3 Å². The number of carbonyl (C=O) groups excluding carboxylic acids is 1. The molecule has 0 aromatic heterocycles. The lowest BCUT2D eigenvalue weighted by Crippen LogP contribution is -2.48. The first kappa shape index (κ1) is 16.8. The van der Waals surface area contributed by atoms with Crippen molar-refractivity contribution in [2.75, 3.05) is 33.2 Å². The molecule has 5 heteroatoms. The van der Waals surface area contributed by atoms with Crippen LogP contribution in [0.2, 0.25) is 0 Å². The molecule has 2 N–H and O–H groups in total. The minimum absolute atomic E-state index is 0.262. The van der Waals surface area contributed by atoms with Crippen molar-refractivity contribution >= 4 is 6.09 Å². The normalized spacial score (nSPS) is 18.9. The maximum atomic E-state index is 12.1. The van der Waals surface area contributed by atoms with Crippen LogP contribution in [0.4, 0.5) is 4.79 Å². The van der Waals surface area contributed by atoms with Crippen molar-refractivity contribution in [2.24, 2.45) is 5.73 Å². The number of likely N-dealkylation sites (N-methyl/N-ethyl adjacent to an activating group) is 1. The SMILES string of the molecule is CN(C[C@H]1CCCCN1CCN)C(=O)OCc1ccccc1. The van der Waals surface area contributed by atoms with Crippen LogP contribution in [0.3, 0.4) is 0 Å². The number of hydrogen-bond acceptors (Lipinski definition) is 4. The van der Waals surface area contributed by atoms with Gasteiger partial charge in [-0.05, 0) is 24.9 Å². The highest BCUT2D eigenvalue weighted by molar-refractivity contribution is 5.67. The van der Waals surface area contributed by atoms with Gasteiger partial charge in [-0.1, -0.05) is 36.8 Å². The van der Waals surface area contributed by atoms with Crippen molar-refractivity contribution in [3.63, 3.8) is 0 Å². The van der Waals surface area contributed by atoms with Gasteiger partial charge in [0, 0.05) is 32.7 Å². The number of hydrogen-bond donors (Lipinski definition) is 1. The average Bonchev–Trinajstić information content (AvgIpc) is 2.55. The van der Waals surface area contributed by atoms with E-state index in [1.54, 1.807) is 4.90 Å². The van der Waals surface area contributed by atoms with Crippen LogP contribution in [0.1, 0.15) is 24.8 Å². The zero-order valence-corrected chi connectivity index (χ0v) is 13.4.